The monoisotopic (exact) mass is 566 g/mol. The number of quaternary nitrogens is 1. The van der Waals surface area contributed by atoms with E-state index in [9.17, 15) is 0 Å². The normalized spacial score (nSPS) is 26.2. The first-order chi connectivity index (χ1) is 16.1. The highest BCUT2D eigenvalue weighted by atomic mass is 79.9. The zero-order chi connectivity index (χ0) is 22.4. The number of nitrogens with one attached hydrogen (secondary N) is 2. The van der Waals surface area contributed by atoms with Crippen LogP contribution >= 0.6 is 31.9 Å². The molecular formula is C27H26Br2N3O+. The number of hydrazine groups is 1. The van der Waals surface area contributed by atoms with Crippen LogP contribution in [0, 0.1) is 0 Å². The van der Waals surface area contributed by atoms with Crippen LogP contribution in [0.4, 0.5) is 0 Å². The second-order valence-electron chi connectivity index (χ2n) is 9.16. The van der Waals surface area contributed by atoms with Gasteiger partial charge in [0.15, 0.2) is 5.72 Å². The molecule has 0 saturated carbocycles. The molecule has 1 fully saturated rings. The van der Waals surface area contributed by atoms with Crippen LogP contribution in [0.15, 0.2) is 87.8 Å². The maximum Gasteiger partial charge on any atom is 0.191 e. The Morgan fingerprint density at radius 1 is 0.939 bits per heavy atom. The van der Waals surface area contributed by atoms with Gasteiger partial charge in [0.25, 0.3) is 0 Å². The topological polar surface area (TPSA) is 28.9 Å². The molecule has 6 heteroatoms. The Bertz CT molecular complexity index is 1190. The van der Waals surface area contributed by atoms with Crippen molar-refractivity contribution >= 4 is 37.6 Å². The van der Waals surface area contributed by atoms with Crippen molar-refractivity contribution in [2.24, 2.45) is 0 Å². The standard InChI is InChI=1S/C27H25Br2N3O/c28-21-8-6-20(7-9-21)24-17-25-23-16-22(29)10-11-26(23)33-27(32(25)30-24)12-14-31(15-13-27)18-19-4-2-1-3-5-19/h1-11,16-17,25,30H,12-15,18H2/p+1. The third kappa shape index (κ3) is 4.03. The lowest BCUT2D eigenvalue weighted by Crippen LogP contribution is -3.12. The Kier molecular flexibility index (Phi) is 5.57. The average Bonchev–Trinajstić information content (AvgIpc) is 3.29. The van der Waals surface area contributed by atoms with Crippen molar-refractivity contribution < 1.29 is 9.64 Å². The molecule has 4 nitrogen and oxygen atoms in total. The zero-order valence-corrected chi connectivity index (χ0v) is 21.4. The number of hydrogen-bond acceptors (Lipinski definition) is 3. The maximum atomic E-state index is 6.82. The van der Waals surface area contributed by atoms with Crippen molar-refractivity contribution in [2.75, 3.05) is 13.1 Å². The number of nitrogens with zero attached hydrogens (tertiary/aromatic N) is 1. The van der Waals surface area contributed by atoms with E-state index in [1.165, 1.54) is 16.7 Å². The Morgan fingerprint density at radius 2 is 1.67 bits per heavy atom. The molecule has 6 rings (SSSR count). The number of fused-ring (bicyclic) bond motifs is 4. The molecule has 2 N–H and O–H groups in total. The van der Waals surface area contributed by atoms with Gasteiger partial charge in [-0.1, -0.05) is 74.3 Å². The largest absolute Gasteiger partial charge is 0.470 e. The van der Waals surface area contributed by atoms with Crippen molar-refractivity contribution in [1.29, 1.82) is 0 Å². The highest BCUT2D eigenvalue weighted by Gasteiger charge is 2.52. The molecule has 0 amide bonds. The number of rotatable bonds is 3. The molecule has 1 unspecified atom stereocenters. The number of benzene rings is 3. The molecule has 1 atom stereocenters. The van der Waals surface area contributed by atoms with Gasteiger partial charge in [0, 0.05) is 20.1 Å². The number of ether oxygens (including phenoxy) is 1. The second-order valence-corrected chi connectivity index (χ2v) is 11.0. The van der Waals surface area contributed by atoms with E-state index in [1.807, 2.05) is 0 Å². The van der Waals surface area contributed by atoms with E-state index in [0.29, 0.717) is 0 Å². The lowest BCUT2D eigenvalue weighted by atomic mass is 9.92. The third-order valence-electron chi connectivity index (χ3n) is 7.06. The molecule has 3 aromatic rings. The van der Waals surface area contributed by atoms with Gasteiger partial charge in [-0.05, 0) is 42.0 Å². The van der Waals surface area contributed by atoms with Crippen LogP contribution < -0.4 is 15.1 Å². The first-order valence-corrected chi connectivity index (χ1v) is 13.1. The van der Waals surface area contributed by atoms with Crippen molar-refractivity contribution in [3.63, 3.8) is 0 Å². The summed E-state index contributed by atoms with van der Waals surface area (Å²) in [6.07, 6.45) is 4.31. The summed E-state index contributed by atoms with van der Waals surface area (Å²) in [6.45, 7) is 3.23. The Labute approximate surface area is 211 Å². The van der Waals surface area contributed by atoms with Crippen LogP contribution in [-0.4, -0.2) is 23.8 Å². The number of likely N-dealkylation sites (tertiary alicyclic amines) is 1. The molecule has 0 bridgehead atoms. The molecule has 1 saturated heterocycles. The Hall–Kier alpha value is -2.12. The van der Waals surface area contributed by atoms with E-state index in [1.54, 1.807) is 4.90 Å². The highest BCUT2D eigenvalue weighted by molar-refractivity contribution is 9.10. The lowest BCUT2D eigenvalue weighted by Gasteiger charge is -2.50. The average molecular weight is 568 g/mol. The van der Waals surface area contributed by atoms with Crippen LogP contribution in [0.5, 0.6) is 5.75 Å². The van der Waals surface area contributed by atoms with E-state index in [2.05, 4.69) is 121 Å². The van der Waals surface area contributed by atoms with E-state index in [4.69, 9.17) is 4.74 Å². The molecule has 168 valence electrons. The lowest BCUT2D eigenvalue weighted by molar-refractivity contribution is -0.921. The van der Waals surface area contributed by atoms with Gasteiger partial charge in [-0.2, -0.15) is 5.01 Å². The fourth-order valence-corrected chi connectivity index (χ4v) is 5.98. The smallest absolute Gasteiger partial charge is 0.191 e. The van der Waals surface area contributed by atoms with Crippen LogP contribution in [-0.2, 0) is 6.54 Å². The van der Waals surface area contributed by atoms with E-state index >= 15 is 0 Å². The minimum atomic E-state index is -0.348. The van der Waals surface area contributed by atoms with E-state index in [0.717, 1.165) is 52.9 Å². The van der Waals surface area contributed by atoms with Gasteiger partial charge >= 0.3 is 0 Å². The van der Waals surface area contributed by atoms with Crippen LogP contribution in [0.2, 0.25) is 0 Å². The quantitative estimate of drug-likeness (QED) is 0.462. The van der Waals surface area contributed by atoms with Gasteiger partial charge in [-0.25, -0.2) is 0 Å². The minimum Gasteiger partial charge on any atom is -0.470 e. The summed E-state index contributed by atoms with van der Waals surface area (Å²) in [6, 6.07) is 25.9. The Balaban J connectivity index is 1.29. The van der Waals surface area contributed by atoms with Gasteiger partial charge in [-0.3, -0.25) is 0 Å². The SMILES string of the molecule is Brc1ccc(C2=CC3c4cc(Br)ccc4OC4(CC[NH+](Cc5ccccc5)CC4)N3N2)cc1. The minimum absolute atomic E-state index is 0.139. The van der Waals surface area contributed by atoms with Crippen molar-refractivity contribution in [1.82, 2.24) is 10.4 Å². The van der Waals surface area contributed by atoms with Crippen molar-refractivity contribution in [3.05, 3.63) is 105 Å². The fourth-order valence-electron chi connectivity index (χ4n) is 5.34. The fraction of sp³-hybridized carbons (Fsp3) is 0.259. The molecule has 0 aliphatic carbocycles. The number of halogens is 2. The molecule has 3 aliphatic rings. The molecule has 33 heavy (non-hydrogen) atoms. The second kappa shape index (κ2) is 8.58. The van der Waals surface area contributed by atoms with E-state index in [-0.39, 0.29) is 11.8 Å². The first-order valence-electron chi connectivity index (χ1n) is 11.5. The summed E-state index contributed by atoms with van der Waals surface area (Å²) in [5.41, 5.74) is 8.33. The van der Waals surface area contributed by atoms with Gasteiger partial charge in [-0.15, -0.1) is 0 Å². The summed E-state index contributed by atoms with van der Waals surface area (Å²) >= 11 is 7.21. The van der Waals surface area contributed by atoms with Crippen molar-refractivity contribution in [3.8, 4) is 5.75 Å². The molecule has 1 spiro atoms. The highest BCUT2D eigenvalue weighted by Crippen LogP contribution is 2.48. The molecule has 0 radical (unpaired) electrons. The predicted molar refractivity (Wildman–Crippen MR) is 137 cm³/mol. The molecule has 3 aliphatic heterocycles. The first kappa shape index (κ1) is 21.4. The van der Waals surface area contributed by atoms with Gasteiger partial charge < -0.3 is 15.1 Å². The zero-order valence-electron chi connectivity index (χ0n) is 18.2. The third-order valence-corrected chi connectivity index (χ3v) is 8.09. The maximum absolute atomic E-state index is 6.82. The van der Waals surface area contributed by atoms with E-state index < -0.39 is 0 Å². The molecule has 3 aromatic carbocycles. The van der Waals surface area contributed by atoms with Crippen molar-refractivity contribution in [2.45, 2.75) is 31.2 Å². The number of hydrogen-bond donors (Lipinski definition) is 2. The Morgan fingerprint density at radius 3 is 2.42 bits per heavy atom. The summed E-state index contributed by atoms with van der Waals surface area (Å²) in [5, 5.41) is 2.37. The summed E-state index contributed by atoms with van der Waals surface area (Å²) in [4.78, 5) is 1.62. The molecular weight excluding hydrogens is 542 g/mol. The molecule has 0 aromatic heterocycles. The summed E-state index contributed by atoms with van der Waals surface area (Å²) in [7, 11) is 0. The summed E-state index contributed by atoms with van der Waals surface area (Å²) in [5.74, 6) is 1.00. The van der Waals surface area contributed by atoms with Gasteiger partial charge in [0.2, 0.25) is 0 Å². The van der Waals surface area contributed by atoms with Gasteiger partial charge in [0.1, 0.15) is 12.3 Å². The summed E-state index contributed by atoms with van der Waals surface area (Å²) < 4.78 is 8.99. The predicted octanol–water partition coefficient (Wildman–Crippen LogP) is 5.08. The van der Waals surface area contributed by atoms with Gasteiger partial charge in [0.05, 0.1) is 37.7 Å². The molecule has 3 heterocycles. The number of piperidine rings is 1. The van der Waals surface area contributed by atoms with Crippen LogP contribution in [0.25, 0.3) is 5.70 Å². The van der Waals surface area contributed by atoms with Crippen LogP contribution in [0.1, 0.15) is 35.6 Å². The van der Waals surface area contributed by atoms with Crippen LogP contribution in [0.3, 0.4) is 0 Å².